The number of hydrazine groups is 1. The number of hydrogen-bond acceptors (Lipinski definition) is 4. The molecule has 1 unspecified atom stereocenters. The predicted octanol–water partition coefficient (Wildman–Crippen LogP) is -0.451. The molecule has 1 aliphatic heterocycles. The van der Waals surface area contributed by atoms with E-state index in [4.69, 9.17) is 0 Å². The topological polar surface area (TPSA) is 68.6 Å². The Hall–Kier alpha value is -2.01. The summed E-state index contributed by atoms with van der Waals surface area (Å²) >= 11 is 0. The van der Waals surface area contributed by atoms with Crippen LogP contribution in [0.1, 0.15) is 30.1 Å². The summed E-state index contributed by atoms with van der Waals surface area (Å²) in [7, 11) is 0. The van der Waals surface area contributed by atoms with Crippen molar-refractivity contribution in [3.8, 4) is 0 Å². The average molecular weight is 275 g/mol. The number of hydrogen-bond donors (Lipinski definition) is 3. The van der Waals surface area contributed by atoms with Crippen LogP contribution in [0.4, 0.5) is 5.69 Å². The summed E-state index contributed by atoms with van der Waals surface area (Å²) in [6.45, 7) is 5.64. The van der Waals surface area contributed by atoms with E-state index in [1.165, 1.54) is 30.8 Å². The second-order valence-corrected chi connectivity index (χ2v) is 5.05. The summed E-state index contributed by atoms with van der Waals surface area (Å²) in [6.07, 6.45) is 4.46. The van der Waals surface area contributed by atoms with E-state index in [1.807, 2.05) is 0 Å². The predicted molar refractivity (Wildman–Crippen MR) is 76.1 cm³/mol. The Morgan fingerprint density at radius 3 is 2.60 bits per heavy atom. The van der Waals surface area contributed by atoms with Crippen LogP contribution in [-0.2, 0) is 0 Å². The molecule has 0 bridgehead atoms. The van der Waals surface area contributed by atoms with E-state index in [-0.39, 0.29) is 5.56 Å². The standard InChI is InChI=1S/C15H21N3O2/c1-2-9-18-10-7-14(8-11-18)17-16-13-5-3-12(4-6-13)15(19)20/h3-7,16-17H,2,8-11H2,1H3,(H,19,20). The van der Waals surface area contributed by atoms with Crippen molar-refractivity contribution in [1.82, 2.24) is 5.43 Å². The van der Waals surface area contributed by atoms with E-state index >= 15 is 0 Å². The van der Waals surface area contributed by atoms with Crippen LogP contribution in [0.25, 0.3) is 0 Å². The molecule has 5 heteroatoms. The first-order valence-electron chi connectivity index (χ1n) is 7.05. The Bertz CT molecular complexity index is 482. The molecule has 0 aliphatic carbocycles. The highest BCUT2D eigenvalue weighted by atomic mass is 16.4. The van der Waals surface area contributed by atoms with Crippen molar-refractivity contribution in [3.63, 3.8) is 0 Å². The number of carbonyl (C=O) groups excluding carboxylic acids is 1. The zero-order valence-electron chi connectivity index (χ0n) is 11.7. The molecule has 1 aliphatic rings. The lowest BCUT2D eigenvalue weighted by Gasteiger charge is -2.24. The van der Waals surface area contributed by atoms with Crippen LogP contribution in [0.5, 0.6) is 0 Å². The highest BCUT2D eigenvalue weighted by molar-refractivity contribution is 5.86. The maximum Gasteiger partial charge on any atom is 0.0978 e. The summed E-state index contributed by atoms with van der Waals surface area (Å²) in [5.41, 5.74) is 8.48. The zero-order valence-corrected chi connectivity index (χ0v) is 11.7. The summed E-state index contributed by atoms with van der Waals surface area (Å²) in [4.78, 5) is 12.3. The highest BCUT2D eigenvalue weighted by Crippen LogP contribution is 2.08. The first kappa shape index (κ1) is 14.4. The Balaban J connectivity index is 1.82. The Morgan fingerprint density at radius 1 is 1.30 bits per heavy atom. The summed E-state index contributed by atoms with van der Waals surface area (Å²) in [5, 5.41) is 10.6. The molecular formula is C15H21N3O2. The number of benzene rings is 1. The molecule has 1 aromatic rings. The number of quaternary nitrogens is 1. The van der Waals surface area contributed by atoms with Crippen molar-refractivity contribution >= 4 is 11.7 Å². The molecule has 108 valence electrons. The minimum Gasteiger partial charge on any atom is -0.545 e. The fourth-order valence-corrected chi connectivity index (χ4v) is 2.32. The Morgan fingerprint density at radius 2 is 2.05 bits per heavy atom. The number of rotatable bonds is 6. The minimum atomic E-state index is -1.15. The van der Waals surface area contributed by atoms with Gasteiger partial charge < -0.3 is 25.7 Å². The van der Waals surface area contributed by atoms with Crippen molar-refractivity contribution in [1.29, 1.82) is 0 Å². The number of aromatic carboxylic acids is 1. The van der Waals surface area contributed by atoms with Crippen molar-refractivity contribution in [3.05, 3.63) is 41.6 Å². The lowest BCUT2D eigenvalue weighted by Crippen LogP contribution is -3.12. The molecule has 20 heavy (non-hydrogen) atoms. The third-order valence-electron chi connectivity index (χ3n) is 3.48. The SMILES string of the molecule is CCC[NH+]1CC=C(NNc2ccc(C(=O)[O-])cc2)CC1. The molecule has 1 atom stereocenters. The smallest absolute Gasteiger partial charge is 0.0978 e. The summed E-state index contributed by atoms with van der Waals surface area (Å²) < 4.78 is 0. The molecule has 0 saturated heterocycles. The van der Waals surface area contributed by atoms with Crippen LogP contribution in [0.2, 0.25) is 0 Å². The molecule has 0 radical (unpaired) electrons. The van der Waals surface area contributed by atoms with Crippen molar-refractivity contribution in [2.45, 2.75) is 19.8 Å². The maximum atomic E-state index is 10.6. The van der Waals surface area contributed by atoms with Gasteiger partial charge in [0.2, 0.25) is 0 Å². The lowest BCUT2D eigenvalue weighted by atomic mass is 10.2. The van der Waals surface area contributed by atoms with E-state index < -0.39 is 5.97 Å². The quantitative estimate of drug-likeness (QED) is 0.615. The van der Waals surface area contributed by atoms with Crippen LogP contribution in [0.15, 0.2) is 36.0 Å². The summed E-state index contributed by atoms with van der Waals surface area (Å²) in [5.74, 6) is -1.15. The Labute approximate surface area is 119 Å². The normalized spacial score (nSPS) is 18.2. The van der Waals surface area contributed by atoms with Gasteiger partial charge in [-0.15, -0.1) is 0 Å². The van der Waals surface area contributed by atoms with Crippen LogP contribution in [0.3, 0.4) is 0 Å². The molecular weight excluding hydrogens is 254 g/mol. The largest absolute Gasteiger partial charge is 0.545 e. The van der Waals surface area contributed by atoms with Gasteiger partial charge in [0.25, 0.3) is 0 Å². The molecule has 5 nitrogen and oxygen atoms in total. The highest BCUT2D eigenvalue weighted by Gasteiger charge is 2.13. The average Bonchev–Trinajstić information content (AvgIpc) is 2.47. The first-order chi connectivity index (χ1) is 9.69. The zero-order chi connectivity index (χ0) is 14.4. The van der Waals surface area contributed by atoms with E-state index in [0.717, 1.165) is 25.2 Å². The third-order valence-corrected chi connectivity index (χ3v) is 3.48. The van der Waals surface area contributed by atoms with Crippen LogP contribution in [0, 0.1) is 0 Å². The fraction of sp³-hybridized carbons (Fsp3) is 0.400. The molecule has 1 aromatic carbocycles. The van der Waals surface area contributed by atoms with Gasteiger partial charge in [0.05, 0.1) is 31.3 Å². The molecule has 0 amide bonds. The second-order valence-electron chi connectivity index (χ2n) is 5.05. The lowest BCUT2D eigenvalue weighted by molar-refractivity contribution is -0.895. The van der Waals surface area contributed by atoms with Gasteiger partial charge in [0.1, 0.15) is 0 Å². The molecule has 1 heterocycles. The molecule has 0 aromatic heterocycles. The molecule has 0 saturated carbocycles. The number of anilines is 1. The molecule has 3 N–H and O–H groups in total. The number of carboxylic acid groups (broad SMARTS) is 1. The van der Waals surface area contributed by atoms with Crippen LogP contribution < -0.4 is 20.9 Å². The van der Waals surface area contributed by atoms with Crippen LogP contribution in [-0.4, -0.2) is 25.6 Å². The molecule has 2 rings (SSSR count). The van der Waals surface area contributed by atoms with Crippen LogP contribution >= 0.6 is 0 Å². The van der Waals surface area contributed by atoms with E-state index in [1.54, 1.807) is 17.0 Å². The number of carbonyl (C=O) groups is 1. The second kappa shape index (κ2) is 6.96. The van der Waals surface area contributed by atoms with Gasteiger partial charge in [0, 0.05) is 12.1 Å². The number of nitrogens with one attached hydrogen (secondary N) is 3. The van der Waals surface area contributed by atoms with Crippen molar-refractivity contribution in [2.75, 3.05) is 25.1 Å². The van der Waals surface area contributed by atoms with Gasteiger partial charge in [-0.05, 0) is 30.2 Å². The number of carboxylic acids is 1. The van der Waals surface area contributed by atoms with Gasteiger partial charge in [-0.3, -0.25) is 0 Å². The first-order valence-corrected chi connectivity index (χ1v) is 7.05. The van der Waals surface area contributed by atoms with E-state index in [9.17, 15) is 9.90 Å². The monoisotopic (exact) mass is 275 g/mol. The van der Waals surface area contributed by atoms with Crippen molar-refractivity contribution in [2.24, 2.45) is 0 Å². The van der Waals surface area contributed by atoms with Gasteiger partial charge in [-0.1, -0.05) is 19.1 Å². The fourth-order valence-electron chi connectivity index (χ4n) is 2.32. The molecule has 0 fully saturated rings. The van der Waals surface area contributed by atoms with Crippen molar-refractivity contribution < 1.29 is 14.8 Å². The molecule has 0 spiro atoms. The maximum absolute atomic E-state index is 10.6. The van der Waals surface area contributed by atoms with E-state index in [0.29, 0.717) is 0 Å². The van der Waals surface area contributed by atoms with Gasteiger partial charge >= 0.3 is 0 Å². The summed E-state index contributed by atoms with van der Waals surface area (Å²) in [6, 6.07) is 6.50. The minimum absolute atomic E-state index is 0.186. The Kier molecular flexibility index (Phi) is 5.01. The van der Waals surface area contributed by atoms with Gasteiger partial charge in [0.15, 0.2) is 0 Å². The van der Waals surface area contributed by atoms with E-state index in [2.05, 4.69) is 23.9 Å². The third kappa shape index (κ3) is 3.99. The van der Waals surface area contributed by atoms with Gasteiger partial charge in [-0.2, -0.15) is 0 Å². The van der Waals surface area contributed by atoms with Gasteiger partial charge in [-0.25, -0.2) is 0 Å².